The van der Waals surface area contributed by atoms with Crippen LogP contribution in [0, 0.1) is 0 Å². The summed E-state index contributed by atoms with van der Waals surface area (Å²) in [5, 5.41) is 0. The van der Waals surface area contributed by atoms with Crippen LogP contribution in [0.5, 0.6) is 0 Å². The molecule has 4 nitrogen and oxygen atoms in total. The number of aromatic nitrogens is 1. The lowest BCUT2D eigenvalue weighted by atomic mass is 10.2. The van der Waals surface area contributed by atoms with Crippen LogP contribution in [-0.4, -0.2) is 42.1 Å². The maximum atomic E-state index is 5.65. The molecule has 2 aliphatic rings. The molecule has 3 heterocycles. The van der Waals surface area contributed by atoms with Crippen molar-refractivity contribution in [3.63, 3.8) is 0 Å². The smallest absolute Gasteiger partial charge is 0.128 e. The zero-order valence-corrected chi connectivity index (χ0v) is 10.9. The summed E-state index contributed by atoms with van der Waals surface area (Å²) >= 11 is 0. The number of anilines is 1. The Morgan fingerprint density at radius 3 is 2.83 bits per heavy atom. The molecule has 2 aliphatic heterocycles. The minimum atomic E-state index is 0.525. The van der Waals surface area contributed by atoms with Gasteiger partial charge in [-0.3, -0.25) is 4.90 Å². The van der Waals surface area contributed by atoms with Crippen molar-refractivity contribution >= 4 is 5.82 Å². The van der Waals surface area contributed by atoms with Gasteiger partial charge in [0.05, 0.1) is 5.69 Å². The highest BCUT2D eigenvalue weighted by atomic mass is 15.3. The fraction of sp³-hybridized carbons (Fsp3) is 0.643. The van der Waals surface area contributed by atoms with Crippen LogP contribution in [0.2, 0.25) is 0 Å². The van der Waals surface area contributed by atoms with E-state index >= 15 is 0 Å². The third-order valence-corrected chi connectivity index (χ3v) is 4.15. The molecule has 2 fully saturated rings. The first-order valence-corrected chi connectivity index (χ1v) is 7.02. The van der Waals surface area contributed by atoms with E-state index in [1.165, 1.54) is 32.4 Å². The van der Waals surface area contributed by atoms with Gasteiger partial charge < -0.3 is 10.6 Å². The van der Waals surface area contributed by atoms with E-state index in [1.807, 2.05) is 6.07 Å². The summed E-state index contributed by atoms with van der Waals surface area (Å²) < 4.78 is 0. The van der Waals surface area contributed by atoms with E-state index in [9.17, 15) is 0 Å². The first-order valence-electron chi connectivity index (χ1n) is 7.02. The summed E-state index contributed by atoms with van der Waals surface area (Å²) in [6, 6.07) is 6.90. The quantitative estimate of drug-likeness (QED) is 0.871. The molecule has 98 valence electrons. The molecule has 0 aliphatic carbocycles. The van der Waals surface area contributed by atoms with Crippen LogP contribution in [0.1, 0.15) is 25.0 Å². The van der Waals surface area contributed by atoms with Gasteiger partial charge in [0.15, 0.2) is 0 Å². The van der Waals surface area contributed by atoms with E-state index < -0.39 is 0 Å². The topological polar surface area (TPSA) is 45.4 Å². The highest BCUT2D eigenvalue weighted by Gasteiger charge is 2.29. The first kappa shape index (κ1) is 11.9. The third kappa shape index (κ3) is 2.35. The number of nitrogens with two attached hydrogens (primary N) is 1. The number of likely N-dealkylation sites (tertiary alicyclic amines) is 1. The zero-order chi connectivity index (χ0) is 12.4. The van der Waals surface area contributed by atoms with Crippen molar-refractivity contribution in [2.45, 2.75) is 31.8 Å². The second-order valence-corrected chi connectivity index (χ2v) is 5.32. The Balaban J connectivity index is 1.67. The molecule has 1 unspecified atom stereocenters. The number of nitrogens with zero attached hydrogens (tertiary/aromatic N) is 3. The normalized spacial score (nSPS) is 24.9. The van der Waals surface area contributed by atoms with Crippen molar-refractivity contribution in [2.75, 3.05) is 31.1 Å². The minimum absolute atomic E-state index is 0.525. The Hall–Kier alpha value is -1.13. The van der Waals surface area contributed by atoms with Crippen molar-refractivity contribution in [1.29, 1.82) is 0 Å². The van der Waals surface area contributed by atoms with Gasteiger partial charge in [0.1, 0.15) is 5.82 Å². The summed E-state index contributed by atoms with van der Waals surface area (Å²) in [7, 11) is 0. The number of pyridine rings is 1. The maximum absolute atomic E-state index is 5.65. The highest BCUT2D eigenvalue weighted by molar-refractivity contribution is 5.41. The van der Waals surface area contributed by atoms with Gasteiger partial charge in [0, 0.05) is 25.7 Å². The summed E-state index contributed by atoms with van der Waals surface area (Å²) in [5.74, 6) is 1.10. The number of hydrogen-bond acceptors (Lipinski definition) is 4. The molecule has 1 atom stereocenters. The fourth-order valence-corrected chi connectivity index (χ4v) is 3.11. The van der Waals surface area contributed by atoms with Crippen molar-refractivity contribution in [1.82, 2.24) is 9.88 Å². The van der Waals surface area contributed by atoms with E-state index in [0.29, 0.717) is 6.54 Å². The van der Waals surface area contributed by atoms with Gasteiger partial charge >= 0.3 is 0 Å². The summed E-state index contributed by atoms with van der Waals surface area (Å²) in [6.07, 6.45) is 4.02. The van der Waals surface area contributed by atoms with Crippen LogP contribution in [-0.2, 0) is 6.54 Å². The van der Waals surface area contributed by atoms with E-state index in [1.54, 1.807) is 0 Å². The van der Waals surface area contributed by atoms with Gasteiger partial charge in [-0.1, -0.05) is 6.07 Å². The average molecular weight is 246 g/mol. The molecule has 0 radical (unpaired) electrons. The Morgan fingerprint density at radius 1 is 1.22 bits per heavy atom. The Bertz CT molecular complexity index is 401. The molecule has 0 bridgehead atoms. The van der Waals surface area contributed by atoms with Gasteiger partial charge in [-0.05, 0) is 44.5 Å². The summed E-state index contributed by atoms with van der Waals surface area (Å²) in [6.45, 7) is 5.35. The van der Waals surface area contributed by atoms with E-state index in [4.69, 9.17) is 5.73 Å². The minimum Gasteiger partial charge on any atom is -0.355 e. The molecule has 18 heavy (non-hydrogen) atoms. The maximum Gasteiger partial charge on any atom is 0.128 e. The molecular formula is C14H22N4. The number of hydrogen-bond donors (Lipinski definition) is 1. The lowest BCUT2D eigenvalue weighted by molar-refractivity contribution is 0.260. The highest BCUT2D eigenvalue weighted by Crippen LogP contribution is 2.24. The van der Waals surface area contributed by atoms with Crippen molar-refractivity contribution in [3.05, 3.63) is 23.9 Å². The first-order chi connectivity index (χ1) is 8.86. The van der Waals surface area contributed by atoms with Crippen molar-refractivity contribution in [3.8, 4) is 0 Å². The predicted octanol–water partition coefficient (Wildman–Crippen LogP) is 1.21. The van der Waals surface area contributed by atoms with Crippen LogP contribution >= 0.6 is 0 Å². The van der Waals surface area contributed by atoms with Crippen LogP contribution in [0.4, 0.5) is 5.82 Å². The molecule has 2 N–H and O–H groups in total. The van der Waals surface area contributed by atoms with Gasteiger partial charge in [0.25, 0.3) is 0 Å². The predicted molar refractivity (Wildman–Crippen MR) is 73.6 cm³/mol. The van der Waals surface area contributed by atoms with E-state index in [2.05, 4.69) is 26.9 Å². The molecule has 1 aromatic rings. The second-order valence-electron chi connectivity index (χ2n) is 5.32. The van der Waals surface area contributed by atoms with E-state index in [0.717, 1.165) is 30.6 Å². The molecule has 0 amide bonds. The molecule has 2 saturated heterocycles. The van der Waals surface area contributed by atoms with Crippen molar-refractivity contribution in [2.24, 2.45) is 5.73 Å². The Kier molecular flexibility index (Phi) is 3.48. The lowest BCUT2D eigenvalue weighted by Crippen LogP contribution is -2.35. The third-order valence-electron chi connectivity index (χ3n) is 4.15. The molecule has 3 rings (SSSR count). The van der Waals surface area contributed by atoms with Gasteiger partial charge in [-0.15, -0.1) is 0 Å². The Labute approximate surface area is 109 Å². The monoisotopic (exact) mass is 246 g/mol. The number of rotatable bonds is 3. The summed E-state index contributed by atoms with van der Waals surface area (Å²) in [4.78, 5) is 9.67. The van der Waals surface area contributed by atoms with Crippen LogP contribution in [0.25, 0.3) is 0 Å². The SMILES string of the molecule is NCc1cccc(N2CCC(N3CCCC3)C2)n1. The van der Waals surface area contributed by atoms with Crippen LogP contribution in [0.3, 0.4) is 0 Å². The molecule has 0 saturated carbocycles. The molecule has 1 aromatic heterocycles. The van der Waals surface area contributed by atoms with Crippen LogP contribution < -0.4 is 10.6 Å². The lowest BCUT2D eigenvalue weighted by Gasteiger charge is -2.24. The molecule has 0 spiro atoms. The van der Waals surface area contributed by atoms with Gasteiger partial charge in [0.2, 0.25) is 0 Å². The zero-order valence-electron chi connectivity index (χ0n) is 10.9. The van der Waals surface area contributed by atoms with Gasteiger partial charge in [-0.2, -0.15) is 0 Å². The molecular weight excluding hydrogens is 224 g/mol. The standard InChI is InChI=1S/C14H22N4/c15-10-12-4-3-5-14(16-12)18-9-6-13(11-18)17-7-1-2-8-17/h3-5,13H,1-2,6-11,15H2. The van der Waals surface area contributed by atoms with Gasteiger partial charge in [-0.25, -0.2) is 4.98 Å². The Morgan fingerprint density at radius 2 is 2.06 bits per heavy atom. The average Bonchev–Trinajstić information content (AvgIpc) is 3.09. The fourth-order valence-electron chi connectivity index (χ4n) is 3.11. The van der Waals surface area contributed by atoms with Crippen molar-refractivity contribution < 1.29 is 0 Å². The van der Waals surface area contributed by atoms with E-state index in [-0.39, 0.29) is 0 Å². The largest absolute Gasteiger partial charge is 0.355 e. The second kappa shape index (κ2) is 5.24. The molecule has 4 heteroatoms. The summed E-state index contributed by atoms with van der Waals surface area (Å²) in [5.41, 5.74) is 6.64. The molecule has 0 aromatic carbocycles. The van der Waals surface area contributed by atoms with Crippen LogP contribution in [0.15, 0.2) is 18.2 Å².